The van der Waals surface area contributed by atoms with E-state index in [2.05, 4.69) is 16.0 Å². The van der Waals surface area contributed by atoms with Gasteiger partial charge in [0.05, 0.1) is 5.56 Å². The first-order chi connectivity index (χ1) is 13.6. The molecule has 0 bridgehead atoms. The van der Waals surface area contributed by atoms with Gasteiger partial charge in [-0.15, -0.1) is 0 Å². The Morgan fingerprint density at radius 1 is 0.964 bits per heavy atom. The van der Waals surface area contributed by atoms with Gasteiger partial charge >= 0.3 is 0 Å². The van der Waals surface area contributed by atoms with Gasteiger partial charge in [-0.25, -0.2) is 0 Å². The first-order valence-electron chi connectivity index (χ1n) is 9.44. The molecule has 0 atom stereocenters. The summed E-state index contributed by atoms with van der Waals surface area (Å²) < 4.78 is 0. The molecule has 142 valence electrons. The van der Waals surface area contributed by atoms with Crippen LogP contribution in [0.1, 0.15) is 16.1 Å². The van der Waals surface area contributed by atoms with Crippen molar-refractivity contribution in [3.05, 3.63) is 83.1 Å². The average molecular weight is 392 g/mol. The highest BCUT2D eigenvalue weighted by Gasteiger charge is 2.24. The lowest BCUT2D eigenvalue weighted by Crippen LogP contribution is -2.48. The largest absolute Gasteiger partial charge is 0.368 e. The highest BCUT2D eigenvalue weighted by Crippen LogP contribution is 2.26. The fraction of sp³-hybridized carbons (Fsp3) is 0.217. The second-order valence-electron chi connectivity index (χ2n) is 7.00. The van der Waals surface area contributed by atoms with Crippen LogP contribution in [0.25, 0.3) is 11.1 Å². The molecule has 0 saturated carbocycles. The molecule has 1 aromatic heterocycles. The van der Waals surface area contributed by atoms with Crippen molar-refractivity contribution >= 4 is 23.2 Å². The van der Waals surface area contributed by atoms with Crippen LogP contribution in [0.4, 0.5) is 5.69 Å². The van der Waals surface area contributed by atoms with Crippen molar-refractivity contribution in [3.8, 4) is 11.1 Å². The summed E-state index contributed by atoms with van der Waals surface area (Å²) in [6.45, 7) is 4.86. The van der Waals surface area contributed by atoms with Crippen molar-refractivity contribution in [1.82, 2.24) is 9.88 Å². The Hall–Kier alpha value is -2.85. The molecule has 4 rings (SSSR count). The van der Waals surface area contributed by atoms with E-state index in [1.165, 1.54) is 0 Å². The molecule has 28 heavy (non-hydrogen) atoms. The number of nitrogens with zero attached hydrogens (tertiary/aromatic N) is 3. The Labute approximate surface area is 170 Å². The highest BCUT2D eigenvalue weighted by atomic mass is 35.5. The summed E-state index contributed by atoms with van der Waals surface area (Å²) in [7, 11) is 0. The van der Waals surface area contributed by atoms with Gasteiger partial charge in [0.25, 0.3) is 5.91 Å². The fourth-order valence-corrected chi connectivity index (χ4v) is 3.78. The summed E-state index contributed by atoms with van der Waals surface area (Å²) in [6, 6.07) is 19.9. The van der Waals surface area contributed by atoms with E-state index in [-0.39, 0.29) is 5.91 Å². The maximum Gasteiger partial charge on any atom is 0.256 e. The quantitative estimate of drug-likeness (QED) is 0.650. The van der Waals surface area contributed by atoms with E-state index in [0.717, 1.165) is 40.6 Å². The highest BCUT2D eigenvalue weighted by molar-refractivity contribution is 6.30. The van der Waals surface area contributed by atoms with E-state index >= 15 is 0 Å². The molecule has 1 amide bonds. The van der Waals surface area contributed by atoms with Gasteiger partial charge in [-0.3, -0.25) is 9.78 Å². The van der Waals surface area contributed by atoms with Gasteiger partial charge in [-0.2, -0.15) is 0 Å². The Kier molecular flexibility index (Phi) is 5.31. The van der Waals surface area contributed by atoms with Gasteiger partial charge in [0, 0.05) is 48.8 Å². The Bertz CT molecular complexity index is 982. The zero-order valence-corrected chi connectivity index (χ0v) is 16.6. The number of aromatic nitrogens is 1. The number of piperazine rings is 1. The summed E-state index contributed by atoms with van der Waals surface area (Å²) >= 11 is 6.11. The summed E-state index contributed by atoms with van der Waals surface area (Å²) in [6.07, 6.45) is 1.71. The van der Waals surface area contributed by atoms with Gasteiger partial charge in [0.1, 0.15) is 0 Å². The lowest BCUT2D eigenvalue weighted by molar-refractivity contribution is 0.0747. The fourth-order valence-electron chi connectivity index (χ4n) is 3.60. The van der Waals surface area contributed by atoms with Crippen LogP contribution in [0.3, 0.4) is 0 Å². The predicted octanol–water partition coefficient (Wildman–Crippen LogP) is 4.67. The molecule has 1 fully saturated rings. The van der Waals surface area contributed by atoms with Crippen LogP contribution in [0.5, 0.6) is 0 Å². The van der Waals surface area contributed by atoms with Crippen molar-refractivity contribution in [2.45, 2.75) is 6.92 Å². The monoisotopic (exact) mass is 391 g/mol. The van der Waals surface area contributed by atoms with Crippen molar-refractivity contribution in [2.75, 3.05) is 31.1 Å². The van der Waals surface area contributed by atoms with E-state index in [4.69, 9.17) is 11.6 Å². The number of hydrogen-bond donors (Lipinski definition) is 0. The Morgan fingerprint density at radius 2 is 1.71 bits per heavy atom. The molecule has 2 heterocycles. The molecule has 0 spiro atoms. The molecule has 3 aromatic rings. The molecule has 1 aliphatic heterocycles. The van der Waals surface area contributed by atoms with Crippen molar-refractivity contribution in [2.24, 2.45) is 0 Å². The van der Waals surface area contributed by atoms with Gasteiger partial charge < -0.3 is 9.80 Å². The second-order valence-corrected chi connectivity index (χ2v) is 7.43. The Morgan fingerprint density at radius 3 is 2.43 bits per heavy atom. The summed E-state index contributed by atoms with van der Waals surface area (Å²) in [5, 5.41) is 0.731. The van der Waals surface area contributed by atoms with Crippen LogP contribution in [-0.2, 0) is 0 Å². The number of halogens is 1. The molecule has 1 saturated heterocycles. The molecule has 0 radical (unpaired) electrons. The normalized spacial score (nSPS) is 14.2. The van der Waals surface area contributed by atoms with Gasteiger partial charge in [-0.05, 0) is 42.3 Å². The standard InChI is InChI=1S/C23H22ClN3O/c1-17-14-21(18-6-3-2-4-7-18)22(16-25-17)23(28)27-12-10-26(11-13-27)20-9-5-8-19(24)15-20/h2-9,14-16H,10-13H2,1H3. The first-order valence-corrected chi connectivity index (χ1v) is 9.81. The number of benzene rings is 2. The SMILES string of the molecule is Cc1cc(-c2ccccc2)c(C(=O)N2CCN(c3cccc(Cl)c3)CC2)cn1. The van der Waals surface area contributed by atoms with Crippen LogP contribution >= 0.6 is 11.6 Å². The van der Waals surface area contributed by atoms with Crippen LogP contribution < -0.4 is 4.90 Å². The van der Waals surface area contributed by atoms with E-state index in [9.17, 15) is 4.79 Å². The average Bonchev–Trinajstić information content (AvgIpc) is 2.74. The maximum absolute atomic E-state index is 13.2. The smallest absolute Gasteiger partial charge is 0.256 e. The third-order valence-corrected chi connectivity index (χ3v) is 5.33. The molecular formula is C23H22ClN3O. The lowest BCUT2D eigenvalue weighted by Gasteiger charge is -2.36. The van der Waals surface area contributed by atoms with E-state index in [0.29, 0.717) is 18.7 Å². The van der Waals surface area contributed by atoms with Crippen molar-refractivity contribution in [3.63, 3.8) is 0 Å². The first kappa shape index (κ1) is 18.5. The lowest BCUT2D eigenvalue weighted by atomic mass is 9.99. The zero-order valence-electron chi connectivity index (χ0n) is 15.8. The number of anilines is 1. The van der Waals surface area contributed by atoms with Crippen molar-refractivity contribution < 1.29 is 4.79 Å². The minimum atomic E-state index is 0.0390. The molecule has 0 unspecified atom stereocenters. The molecule has 0 N–H and O–H groups in total. The van der Waals surface area contributed by atoms with Crippen LogP contribution in [0.2, 0.25) is 5.02 Å². The number of hydrogen-bond acceptors (Lipinski definition) is 3. The van der Waals surface area contributed by atoms with Gasteiger partial charge in [0.2, 0.25) is 0 Å². The summed E-state index contributed by atoms with van der Waals surface area (Å²) in [5.74, 6) is 0.0390. The molecule has 2 aromatic carbocycles. The zero-order chi connectivity index (χ0) is 19.5. The minimum absolute atomic E-state index is 0.0390. The third-order valence-electron chi connectivity index (χ3n) is 5.10. The van der Waals surface area contributed by atoms with Crippen LogP contribution in [0, 0.1) is 6.92 Å². The molecular weight excluding hydrogens is 370 g/mol. The number of pyridine rings is 1. The van der Waals surface area contributed by atoms with E-state index in [1.54, 1.807) is 6.20 Å². The maximum atomic E-state index is 13.2. The van der Waals surface area contributed by atoms with E-state index in [1.807, 2.05) is 66.4 Å². The summed E-state index contributed by atoms with van der Waals surface area (Å²) in [5.41, 5.74) is 4.64. The Balaban J connectivity index is 1.53. The van der Waals surface area contributed by atoms with Crippen LogP contribution in [-0.4, -0.2) is 42.0 Å². The molecule has 4 nitrogen and oxygen atoms in total. The van der Waals surface area contributed by atoms with Gasteiger partial charge in [0.15, 0.2) is 0 Å². The number of aryl methyl sites for hydroxylation is 1. The van der Waals surface area contributed by atoms with Gasteiger partial charge in [-0.1, -0.05) is 48.0 Å². The van der Waals surface area contributed by atoms with Crippen molar-refractivity contribution in [1.29, 1.82) is 0 Å². The minimum Gasteiger partial charge on any atom is -0.368 e. The third kappa shape index (κ3) is 3.87. The summed E-state index contributed by atoms with van der Waals surface area (Å²) in [4.78, 5) is 21.8. The molecule has 1 aliphatic rings. The second kappa shape index (κ2) is 8.03. The predicted molar refractivity (Wildman–Crippen MR) is 114 cm³/mol. The number of carbonyl (C=O) groups is 1. The van der Waals surface area contributed by atoms with E-state index < -0.39 is 0 Å². The topological polar surface area (TPSA) is 36.4 Å². The molecule has 0 aliphatic carbocycles. The number of amides is 1. The number of carbonyl (C=O) groups excluding carboxylic acids is 1. The van der Waals surface area contributed by atoms with Crippen LogP contribution in [0.15, 0.2) is 66.9 Å². The molecule has 5 heteroatoms. The number of rotatable bonds is 3.